The highest BCUT2D eigenvalue weighted by molar-refractivity contribution is 5.81. The molecule has 92 valence electrons. The highest BCUT2D eigenvalue weighted by Gasteiger charge is 2.23. The van der Waals surface area contributed by atoms with E-state index in [1.807, 2.05) is 37.1 Å². The maximum absolute atomic E-state index is 11.7. The van der Waals surface area contributed by atoms with Gasteiger partial charge in [-0.25, -0.2) is 0 Å². The predicted octanol–water partition coefficient (Wildman–Crippen LogP) is 1.29. The summed E-state index contributed by atoms with van der Waals surface area (Å²) in [5.41, 5.74) is 8.60. The third kappa shape index (κ3) is 3.12. The molecule has 1 saturated carbocycles. The molecule has 0 radical (unpaired) electrons. The molecule has 1 aromatic rings. The Bertz CT molecular complexity index is 427. The molecule has 0 saturated heterocycles. The Kier molecular flexibility index (Phi) is 3.22. The molecule has 3 N–H and O–H groups in total. The second-order valence-corrected chi connectivity index (χ2v) is 4.74. The summed E-state index contributed by atoms with van der Waals surface area (Å²) < 4.78 is 0. The van der Waals surface area contributed by atoms with E-state index in [4.69, 9.17) is 5.73 Å². The van der Waals surface area contributed by atoms with Gasteiger partial charge in [-0.15, -0.1) is 0 Å². The molecule has 17 heavy (non-hydrogen) atoms. The predicted molar refractivity (Wildman–Crippen MR) is 70.0 cm³/mol. The van der Waals surface area contributed by atoms with Crippen LogP contribution in [0, 0.1) is 6.92 Å². The number of nitrogens with two attached hydrogens (primary N) is 1. The van der Waals surface area contributed by atoms with Gasteiger partial charge in [0.15, 0.2) is 0 Å². The summed E-state index contributed by atoms with van der Waals surface area (Å²) in [7, 11) is 1.91. The van der Waals surface area contributed by atoms with E-state index in [1.54, 1.807) is 0 Å². The van der Waals surface area contributed by atoms with Gasteiger partial charge >= 0.3 is 0 Å². The van der Waals surface area contributed by atoms with Crippen LogP contribution in [-0.4, -0.2) is 25.5 Å². The lowest BCUT2D eigenvalue weighted by atomic mass is 10.1. The van der Waals surface area contributed by atoms with Gasteiger partial charge in [-0.1, -0.05) is 0 Å². The molecule has 0 spiro atoms. The van der Waals surface area contributed by atoms with E-state index < -0.39 is 0 Å². The molecule has 4 heteroatoms. The molecule has 0 unspecified atom stereocenters. The van der Waals surface area contributed by atoms with Gasteiger partial charge in [0, 0.05) is 24.5 Å². The SMILES string of the molecule is Cc1cc(N(C)CC(=O)NC2CC2)ccc1N. The van der Waals surface area contributed by atoms with Gasteiger partial charge in [0.1, 0.15) is 0 Å². The van der Waals surface area contributed by atoms with Crippen molar-refractivity contribution in [2.45, 2.75) is 25.8 Å². The smallest absolute Gasteiger partial charge is 0.239 e. The lowest BCUT2D eigenvalue weighted by Gasteiger charge is -2.19. The van der Waals surface area contributed by atoms with Crippen LogP contribution >= 0.6 is 0 Å². The molecule has 1 aromatic carbocycles. The quantitative estimate of drug-likeness (QED) is 0.770. The summed E-state index contributed by atoms with van der Waals surface area (Å²) in [6.45, 7) is 2.36. The van der Waals surface area contributed by atoms with Crippen LogP contribution in [0.3, 0.4) is 0 Å². The maximum atomic E-state index is 11.7. The van der Waals surface area contributed by atoms with Crippen molar-refractivity contribution in [1.29, 1.82) is 0 Å². The highest BCUT2D eigenvalue weighted by Crippen LogP contribution is 2.20. The fourth-order valence-electron chi connectivity index (χ4n) is 1.70. The van der Waals surface area contributed by atoms with Crippen LogP contribution in [0.4, 0.5) is 11.4 Å². The maximum Gasteiger partial charge on any atom is 0.239 e. The Labute approximate surface area is 102 Å². The number of nitrogen functional groups attached to an aromatic ring is 1. The van der Waals surface area contributed by atoms with Crippen molar-refractivity contribution in [1.82, 2.24) is 5.32 Å². The fourth-order valence-corrected chi connectivity index (χ4v) is 1.70. The van der Waals surface area contributed by atoms with Crippen LogP contribution in [0.25, 0.3) is 0 Å². The van der Waals surface area contributed by atoms with Gasteiger partial charge in [0.25, 0.3) is 0 Å². The Hall–Kier alpha value is -1.71. The molecule has 0 aromatic heterocycles. The number of hydrogen-bond donors (Lipinski definition) is 2. The van der Waals surface area contributed by atoms with E-state index in [-0.39, 0.29) is 5.91 Å². The van der Waals surface area contributed by atoms with Gasteiger partial charge in [0.2, 0.25) is 5.91 Å². The second kappa shape index (κ2) is 4.65. The first-order valence-corrected chi connectivity index (χ1v) is 5.93. The van der Waals surface area contributed by atoms with Crippen LogP contribution in [0.5, 0.6) is 0 Å². The molecule has 4 nitrogen and oxygen atoms in total. The first-order valence-electron chi connectivity index (χ1n) is 5.93. The minimum absolute atomic E-state index is 0.0875. The summed E-state index contributed by atoms with van der Waals surface area (Å²) in [5, 5.41) is 2.98. The molecule has 0 atom stereocenters. The van der Waals surface area contributed by atoms with Gasteiger partial charge in [-0.2, -0.15) is 0 Å². The number of nitrogens with zero attached hydrogens (tertiary/aromatic N) is 1. The van der Waals surface area contributed by atoms with Crippen LogP contribution in [-0.2, 0) is 4.79 Å². The van der Waals surface area contributed by atoms with Crippen LogP contribution in [0.1, 0.15) is 18.4 Å². The van der Waals surface area contributed by atoms with E-state index in [0.717, 1.165) is 29.8 Å². The average molecular weight is 233 g/mol. The minimum atomic E-state index is 0.0875. The van der Waals surface area contributed by atoms with Gasteiger partial charge < -0.3 is 16.0 Å². The molecular weight excluding hydrogens is 214 g/mol. The number of hydrogen-bond acceptors (Lipinski definition) is 3. The Morgan fingerprint density at radius 2 is 2.24 bits per heavy atom. The van der Waals surface area contributed by atoms with Gasteiger partial charge in [0.05, 0.1) is 6.54 Å². The first-order chi connectivity index (χ1) is 8.06. The third-order valence-electron chi connectivity index (χ3n) is 3.02. The van der Waals surface area contributed by atoms with Crippen molar-refractivity contribution >= 4 is 17.3 Å². The zero-order valence-corrected chi connectivity index (χ0v) is 10.4. The number of amides is 1. The number of aryl methyl sites for hydroxylation is 1. The largest absolute Gasteiger partial charge is 0.399 e. The Balaban J connectivity index is 1.95. The zero-order valence-electron chi connectivity index (χ0n) is 10.4. The number of likely N-dealkylation sites (N-methyl/N-ethyl adjacent to an activating group) is 1. The normalized spacial score (nSPS) is 14.5. The van der Waals surface area contributed by atoms with E-state index in [9.17, 15) is 4.79 Å². The topological polar surface area (TPSA) is 58.4 Å². The highest BCUT2D eigenvalue weighted by atomic mass is 16.2. The first kappa shape index (κ1) is 11.8. The van der Waals surface area contributed by atoms with Crippen LogP contribution < -0.4 is 16.0 Å². The standard InChI is InChI=1S/C13H19N3O/c1-9-7-11(5-6-12(9)14)16(2)8-13(17)15-10-3-4-10/h5-7,10H,3-4,8,14H2,1-2H3,(H,15,17). The molecule has 0 heterocycles. The average Bonchev–Trinajstić information content (AvgIpc) is 3.05. The van der Waals surface area contributed by atoms with Crippen molar-refractivity contribution in [3.63, 3.8) is 0 Å². The van der Waals surface area contributed by atoms with E-state index in [0.29, 0.717) is 12.6 Å². The number of carbonyl (C=O) groups excluding carboxylic acids is 1. The van der Waals surface area contributed by atoms with Crippen molar-refractivity contribution < 1.29 is 4.79 Å². The van der Waals surface area contributed by atoms with E-state index in [1.165, 1.54) is 0 Å². The van der Waals surface area contributed by atoms with Crippen molar-refractivity contribution in [3.8, 4) is 0 Å². The van der Waals surface area contributed by atoms with Crippen molar-refractivity contribution in [2.24, 2.45) is 0 Å². The van der Waals surface area contributed by atoms with Crippen LogP contribution in [0.15, 0.2) is 18.2 Å². The van der Waals surface area contributed by atoms with Crippen LogP contribution in [0.2, 0.25) is 0 Å². The number of anilines is 2. The number of benzene rings is 1. The summed E-state index contributed by atoms with van der Waals surface area (Å²) in [4.78, 5) is 13.6. The van der Waals surface area contributed by atoms with Gasteiger partial charge in [-0.05, 0) is 43.5 Å². The minimum Gasteiger partial charge on any atom is -0.399 e. The third-order valence-corrected chi connectivity index (χ3v) is 3.02. The molecule has 0 aliphatic heterocycles. The number of rotatable bonds is 4. The molecule has 1 fully saturated rings. The van der Waals surface area contributed by atoms with Gasteiger partial charge in [-0.3, -0.25) is 4.79 Å². The Morgan fingerprint density at radius 3 is 2.82 bits per heavy atom. The molecule has 1 aliphatic rings. The molecule has 1 amide bonds. The summed E-state index contributed by atoms with van der Waals surface area (Å²) in [6.07, 6.45) is 2.24. The monoisotopic (exact) mass is 233 g/mol. The molecule has 0 bridgehead atoms. The summed E-state index contributed by atoms with van der Waals surface area (Å²) in [6, 6.07) is 6.23. The number of carbonyl (C=O) groups is 1. The number of nitrogens with one attached hydrogen (secondary N) is 1. The molecular formula is C13H19N3O. The molecule has 1 aliphatic carbocycles. The van der Waals surface area contributed by atoms with Crippen molar-refractivity contribution in [2.75, 3.05) is 24.2 Å². The lowest BCUT2D eigenvalue weighted by Crippen LogP contribution is -2.36. The summed E-state index contributed by atoms with van der Waals surface area (Å²) >= 11 is 0. The lowest BCUT2D eigenvalue weighted by molar-refractivity contribution is -0.119. The zero-order chi connectivity index (χ0) is 12.4. The summed E-state index contributed by atoms with van der Waals surface area (Å²) in [5.74, 6) is 0.0875. The van der Waals surface area contributed by atoms with Crippen molar-refractivity contribution in [3.05, 3.63) is 23.8 Å². The second-order valence-electron chi connectivity index (χ2n) is 4.74. The van der Waals surface area contributed by atoms with E-state index >= 15 is 0 Å². The fraction of sp³-hybridized carbons (Fsp3) is 0.462. The Morgan fingerprint density at radius 1 is 1.53 bits per heavy atom. The molecule has 2 rings (SSSR count). The van der Waals surface area contributed by atoms with E-state index in [2.05, 4.69) is 5.32 Å².